The second-order valence-electron chi connectivity index (χ2n) is 9.33. The second kappa shape index (κ2) is 12.3. The number of likely N-dealkylation sites (tertiary alicyclic amines) is 1. The molecule has 0 amide bonds. The number of anilines is 2. The average molecular weight is 468 g/mol. The van der Waals surface area contributed by atoms with Gasteiger partial charge in [-0.05, 0) is 55.3 Å². The summed E-state index contributed by atoms with van der Waals surface area (Å²) in [5, 5.41) is 0. The fourth-order valence-corrected chi connectivity index (χ4v) is 5.42. The molecule has 0 N–H and O–H groups in total. The van der Waals surface area contributed by atoms with Crippen molar-refractivity contribution in [3.05, 3.63) is 59.4 Å². The van der Waals surface area contributed by atoms with Crippen molar-refractivity contribution in [2.45, 2.75) is 65.3 Å². The van der Waals surface area contributed by atoms with Gasteiger partial charge in [-0.15, -0.1) is 0 Å². The van der Waals surface area contributed by atoms with Gasteiger partial charge in [0.05, 0.1) is 11.4 Å². The molecule has 3 aliphatic heterocycles. The fraction of sp³-hybridized carbons (Fsp3) is 0.552. The minimum atomic E-state index is -0.298. The Morgan fingerprint density at radius 3 is 2.44 bits per heavy atom. The van der Waals surface area contributed by atoms with Crippen molar-refractivity contribution in [1.29, 1.82) is 0 Å². The number of hydrogen-bond acceptors (Lipinski definition) is 4. The van der Waals surface area contributed by atoms with Gasteiger partial charge in [0.15, 0.2) is 5.78 Å². The molecular formula is C29H42FN3O. The Morgan fingerprint density at radius 2 is 1.74 bits per heavy atom. The van der Waals surface area contributed by atoms with Crippen molar-refractivity contribution >= 4 is 17.2 Å². The van der Waals surface area contributed by atoms with Crippen molar-refractivity contribution in [2.24, 2.45) is 0 Å². The van der Waals surface area contributed by atoms with E-state index in [0.717, 1.165) is 39.1 Å². The summed E-state index contributed by atoms with van der Waals surface area (Å²) in [6.07, 6.45) is 3.81. The number of rotatable bonds is 5. The van der Waals surface area contributed by atoms with Crippen molar-refractivity contribution in [1.82, 2.24) is 4.90 Å². The highest BCUT2D eigenvalue weighted by atomic mass is 19.1. The predicted octanol–water partition coefficient (Wildman–Crippen LogP) is 6.36. The summed E-state index contributed by atoms with van der Waals surface area (Å²) in [4.78, 5) is 19.9. The van der Waals surface area contributed by atoms with Crippen LogP contribution in [-0.2, 0) is 0 Å². The molecule has 0 radical (unpaired) electrons. The number of Topliss-reactive ketones (excluding diaryl/α,β-unsaturated/α-hetero) is 1. The van der Waals surface area contributed by atoms with Crippen LogP contribution in [0.15, 0.2) is 42.5 Å². The minimum absolute atomic E-state index is 0.107. The lowest BCUT2D eigenvalue weighted by molar-refractivity contribution is 0.0971. The lowest BCUT2D eigenvalue weighted by Crippen LogP contribution is -2.49. The molecule has 0 spiro atoms. The number of carbonyl (C=O) groups is 1. The monoisotopic (exact) mass is 467 g/mol. The van der Waals surface area contributed by atoms with Crippen molar-refractivity contribution in [2.75, 3.05) is 49.6 Å². The predicted molar refractivity (Wildman–Crippen MR) is 142 cm³/mol. The number of hydrogen-bond donors (Lipinski definition) is 0. The lowest BCUT2D eigenvalue weighted by Gasteiger charge is -2.41. The molecule has 2 atom stereocenters. The average Bonchev–Trinajstić information content (AvgIpc) is 3.18. The summed E-state index contributed by atoms with van der Waals surface area (Å²) in [5.74, 6) is 0.377. The van der Waals surface area contributed by atoms with Gasteiger partial charge < -0.3 is 14.7 Å². The molecule has 3 aliphatic rings. The molecule has 2 aromatic carbocycles. The van der Waals surface area contributed by atoms with Crippen molar-refractivity contribution in [3.8, 4) is 0 Å². The van der Waals surface area contributed by atoms with Gasteiger partial charge >= 0.3 is 0 Å². The fourth-order valence-electron chi connectivity index (χ4n) is 5.42. The number of halogens is 1. The molecule has 5 rings (SSSR count). The van der Waals surface area contributed by atoms with E-state index in [0.29, 0.717) is 23.9 Å². The maximum Gasteiger partial charge on any atom is 0.162 e. The maximum absolute atomic E-state index is 13.0. The molecule has 1 saturated heterocycles. The largest absolute Gasteiger partial charge is 0.371 e. The van der Waals surface area contributed by atoms with Crippen LogP contribution in [-0.4, -0.2) is 56.5 Å². The zero-order chi connectivity index (χ0) is 24.7. The summed E-state index contributed by atoms with van der Waals surface area (Å²) in [6, 6.07) is 13.3. The first-order chi connectivity index (χ1) is 16.5. The number of fused-ring (bicyclic) bond motifs is 3. The Bertz CT molecular complexity index is 929. The number of ketones is 1. The van der Waals surface area contributed by atoms with Crippen LogP contribution in [0.3, 0.4) is 0 Å². The summed E-state index contributed by atoms with van der Waals surface area (Å²) in [5.41, 5.74) is 4.95. The second-order valence-corrected chi connectivity index (χ2v) is 9.33. The Hall–Kier alpha value is -2.40. The molecular weight excluding hydrogens is 425 g/mol. The van der Waals surface area contributed by atoms with Crippen molar-refractivity contribution < 1.29 is 9.18 Å². The smallest absolute Gasteiger partial charge is 0.162 e. The van der Waals surface area contributed by atoms with E-state index in [4.69, 9.17) is 0 Å². The van der Waals surface area contributed by atoms with Gasteiger partial charge in [-0.1, -0.05) is 46.2 Å². The van der Waals surface area contributed by atoms with Gasteiger partial charge in [0.2, 0.25) is 0 Å². The van der Waals surface area contributed by atoms with Gasteiger partial charge in [0.1, 0.15) is 5.82 Å². The van der Waals surface area contributed by atoms with E-state index in [1.54, 1.807) is 12.1 Å². The molecule has 0 aromatic heterocycles. The molecule has 186 valence electrons. The van der Waals surface area contributed by atoms with E-state index in [1.165, 1.54) is 41.9 Å². The summed E-state index contributed by atoms with van der Waals surface area (Å²) in [6.45, 7) is 13.6. The number of para-hydroxylation sites is 1. The first kappa shape index (κ1) is 26.2. The highest BCUT2D eigenvalue weighted by molar-refractivity contribution is 5.95. The molecule has 0 aliphatic carbocycles. The van der Waals surface area contributed by atoms with Crippen molar-refractivity contribution in [3.63, 3.8) is 0 Å². The highest BCUT2D eigenvalue weighted by Crippen LogP contribution is 2.50. The molecule has 34 heavy (non-hydrogen) atoms. The van der Waals surface area contributed by atoms with E-state index in [1.807, 2.05) is 13.8 Å². The lowest BCUT2D eigenvalue weighted by atomic mass is 9.89. The summed E-state index contributed by atoms with van der Waals surface area (Å²) in [7, 11) is 2.19. The molecule has 0 saturated carbocycles. The first-order valence-electron chi connectivity index (χ1n) is 13.1. The standard InChI is InChI=1S/C24H28FN3O.C3H8.C2H6/c1-26-14-15-28-21-11-13-27(16-20(21)19-4-2-5-22(26)24(19)28)12-3-6-23(29)17-7-9-18(25)10-8-17;1-3-2;1-2/h2,4-5,7-10,20-21H,3,6,11-16H2,1H3;3H2,1-2H3;1-2H3/t20-,21-;;/m0../s1. The topological polar surface area (TPSA) is 26.8 Å². The van der Waals surface area contributed by atoms with Crippen LogP contribution in [0.4, 0.5) is 15.8 Å². The Kier molecular flexibility index (Phi) is 9.52. The van der Waals surface area contributed by atoms with Gasteiger partial charge in [-0.25, -0.2) is 4.39 Å². The van der Waals surface area contributed by atoms with Crippen LogP contribution in [0, 0.1) is 5.82 Å². The number of piperidine rings is 1. The molecule has 1 fully saturated rings. The maximum atomic E-state index is 13.0. The normalized spacial score (nSPS) is 20.4. The Labute approximate surface area is 205 Å². The van der Waals surface area contributed by atoms with Gasteiger partial charge in [-0.3, -0.25) is 4.79 Å². The summed E-state index contributed by atoms with van der Waals surface area (Å²) < 4.78 is 13.0. The molecule has 0 bridgehead atoms. The number of nitrogens with zero attached hydrogens (tertiary/aromatic N) is 3. The third kappa shape index (κ3) is 5.63. The van der Waals surface area contributed by atoms with Gasteiger partial charge in [0, 0.05) is 57.2 Å². The SMILES string of the molecule is CC.CCC.CN1CCN2c3c(cccc31)[C@@H]1CN(CCCC(=O)c3ccc(F)cc3)CC[C@@H]12. The summed E-state index contributed by atoms with van der Waals surface area (Å²) >= 11 is 0. The van der Waals surface area contributed by atoms with E-state index >= 15 is 0 Å². The first-order valence-corrected chi connectivity index (χ1v) is 13.1. The van der Waals surface area contributed by atoms with Crippen LogP contribution in [0.25, 0.3) is 0 Å². The Balaban J connectivity index is 0.000000603. The molecule has 4 nitrogen and oxygen atoms in total. The Morgan fingerprint density at radius 1 is 1.03 bits per heavy atom. The highest BCUT2D eigenvalue weighted by Gasteiger charge is 2.44. The zero-order valence-corrected chi connectivity index (χ0v) is 21.7. The quantitative estimate of drug-likeness (QED) is 0.478. The number of benzene rings is 2. The molecule has 3 heterocycles. The molecule has 0 unspecified atom stereocenters. The van der Waals surface area contributed by atoms with E-state index in [2.05, 4.69) is 53.8 Å². The number of carbonyl (C=O) groups excluding carboxylic acids is 1. The van der Waals surface area contributed by atoms with E-state index in [-0.39, 0.29) is 11.6 Å². The van der Waals surface area contributed by atoms with E-state index < -0.39 is 0 Å². The molecule has 5 heteroatoms. The third-order valence-corrected chi connectivity index (χ3v) is 6.93. The zero-order valence-electron chi connectivity index (χ0n) is 21.7. The van der Waals surface area contributed by atoms with Crippen LogP contribution in [0.1, 0.15) is 75.2 Å². The van der Waals surface area contributed by atoms with E-state index in [9.17, 15) is 9.18 Å². The minimum Gasteiger partial charge on any atom is -0.371 e. The number of likely N-dealkylation sites (N-methyl/N-ethyl adjacent to an activating group) is 1. The third-order valence-electron chi connectivity index (χ3n) is 6.93. The van der Waals surface area contributed by atoms with Crippen LogP contribution in [0.5, 0.6) is 0 Å². The van der Waals surface area contributed by atoms with Crippen LogP contribution >= 0.6 is 0 Å². The van der Waals surface area contributed by atoms with Gasteiger partial charge in [0.25, 0.3) is 0 Å². The van der Waals surface area contributed by atoms with Crippen LogP contribution < -0.4 is 9.80 Å². The van der Waals surface area contributed by atoms with Crippen LogP contribution in [0.2, 0.25) is 0 Å². The molecule has 2 aromatic rings. The van der Waals surface area contributed by atoms with Gasteiger partial charge in [-0.2, -0.15) is 0 Å².